The van der Waals surface area contributed by atoms with Crippen molar-refractivity contribution >= 4 is 19.3 Å². The third-order valence-corrected chi connectivity index (χ3v) is 6.79. The van der Waals surface area contributed by atoms with Gasteiger partial charge in [0.1, 0.15) is 0 Å². The van der Waals surface area contributed by atoms with E-state index in [1.165, 1.54) is 0 Å². The molecule has 0 aliphatic rings. The maximum Gasteiger partial charge on any atom is 0.344 e. The number of esters is 1. The van der Waals surface area contributed by atoms with Crippen molar-refractivity contribution in [2.45, 2.75) is 46.7 Å². The third kappa shape index (κ3) is 7.65. The van der Waals surface area contributed by atoms with Crippen molar-refractivity contribution in [1.29, 1.82) is 0 Å². The highest BCUT2D eigenvalue weighted by Gasteiger charge is 2.43. The molecule has 154 valence electrons. The molecule has 0 amide bonds. The van der Waals surface area contributed by atoms with E-state index in [0.717, 1.165) is 5.69 Å². The topological polar surface area (TPSA) is 73.9 Å². The fourth-order valence-electron chi connectivity index (χ4n) is 2.85. The number of para-hydroxylation sites is 1. The molecule has 1 aromatic carbocycles. The molecule has 6 nitrogen and oxygen atoms in total. The van der Waals surface area contributed by atoms with E-state index in [1.54, 1.807) is 20.8 Å². The van der Waals surface area contributed by atoms with Crippen LogP contribution >= 0.6 is 7.60 Å². The van der Waals surface area contributed by atoms with Crippen LogP contribution in [0.1, 0.15) is 41.0 Å². The number of nitrogens with one attached hydrogen (secondary N) is 1. The summed E-state index contributed by atoms with van der Waals surface area (Å²) >= 11 is 0. The first kappa shape index (κ1) is 23.7. The Kier molecular flexibility index (Phi) is 10.7. The zero-order chi connectivity index (χ0) is 20.3. The number of ether oxygens (including phenoxy) is 1. The molecule has 0 bridgehead atoms. The highest BCUT2D eigenvalue weighted by atomic mass is 31.2. The molecule has 0 aromatic heterocycles. The van der Waals surface area contributed by atoms with E-state index in [0.29, 0.717) is 13.0 Å². The number of anilines is 1. The minimum Gasteiger partial charge on any atom is -0.465 e. The van der Waals surface area contributed by atoms with Gasteiger partial charge in [-0.1, -0.05) is 32.0 Å². The van der Waals surface area contributed by atoms with Crippen LogP contribution in [0.3, 0.4) is 0 Å². The fraction of sp³-hybridized carbons (Fsp3) is 0.650. The second-order valence-electron chi connectivity index (χ2n) is 6.63. The van der Waals surface area contributed by atoms with E-state index in [4.69, 9.17) is 13.8 Å². The van der Waals surface area contributed by atoms with Crippen molar-refractivity contribution in [3.63, 3.8) is 0 Å². The summed E-state index contributed by atoms with van der Waals surface area (Å²) in [6.07, 6.45) is 0.369. The lowest BCUT2D eigenvalue weighted by Gasteiger charge is -2.30. The maximum atomic E-state index is 13.3. The van der Waals surface area contributed by atoms with Crippen molar-refractivity contribution in [1.82, 2.24) is 0 Å². The summed E-state index contributed by atoms with van der Waals surface area (Å²) in [5.41, 5.74) is 0.0796. The smallest absolute Gasteiger partial charge is 0.344 e. The normalized spacial score (nSPS) is 14.0. The maximum absolute atomic E-state index is 13.3. The number of carbonyl (C=O) groups excluding carboxylic acids is 1. The third-order valence-electron chi connectivity index (χ3n) is 4.37. The predicted molar refractivity (Wildman–Crippen MR) is 109 cm³/mol. The zero-order valence-electron chi connectivity index (χ0n) is 17.1. The molecule has 27 heavy (non-hydrogen) atoms. The van der Waals surface area contributed by atoms with Gasteiger partial charge in [-0.3, -0.25) is 9.36 Å². The number of rotatable bonds is 13. The summed E-state index contributed by atoms with van der Waals surface area (Å²) in [6.45, 7) is 10.7. The molecule has 0 fully saturated rings. The number of carbonyl (C=O) groups is 1. The van der Waals surface area contributed by atoms with Gasteiger partial charge in [0.2, 0.25) is 0 Å². The lowest BCUT2D eigenvalue weighted by atomic mass is 9.90. The zero-order valence-corrected chi connectivity index (χ0v) is 18.0. The van der Waals surface area contributed by atoms with Gasteiger partial charge in [0.15, 0.2) is 5.66 Å². The summed E-state index contributed by atoms with van der Waals surface area (Å²) in [7, 11) is -3.61. The van der Waals surface area contributed by atoms with Crippen molar-refractivity contribution < 1.29 is 23.1 Å². The van der Waals surface area contributed by atoms with Gasteiger partial charge in [0.05, 0.1) is 19.8 Å². The van der Waals surface area contributed by atoms with Gasteiger partial charge < -0.3 is 19.1 Å². The molecule has 7 heteroatoms. The van der Waals surface area contributed by atoms with Crippen LogP contribution in [0.2, 0.25) is 0 Å². The Balaban J connectivity index is 3.00. The van der Waals surface area contributed by atoms with Crippen molar-refractivity contribution in [2.24, 2.45) is 11.8 Å². The highest BCUT2D eigenvalue weighted by Crippen LogP contribution is 2.55. The Morgan fingerprint density at radius 3 is 2.11 bits per heavy atom. The van der Waals surface area contributed by atoms with Crippen LogP contribution < -0.4 is 5.32 Å². The summed E-state index contributed by atoms with van der Waals surface area (Å²) in [4.78, 5) is 12.6. The van der Waals surface area contributed by atoms with Crippen molar-refractivity contribution in [2.75, 3.05) is 31.7 Å². The number of benzene rings is 1. The van der Waals surface area contributed by atoms with Gasteiger partial charge in [0.25, 0.3) is 0 Å². The van der Waals surface area contributed by atoms with Crippen molar-refractivity contribution in [3.8, 4) is 0 Å². The fourth-order valence-corrected chi connectivity index (χ4v) is 4.87. The van der Waals surface area contributed by atoms with Gasteiger partial charge in [0, 0.05) is 12.2 Å². The van der Waals surface area contributed by atoms with E-state index in [2.05, 4.69) is 19.2 Å². The Bertz CT molecular complexity index is 583. The predicted octanol–water partition coefficient (Wildman–Crippen LogP) is 4.96. The molecule has 1 unspecified atom stereocenters. The molecule has 1 aromatic rings. The van der Waals surface area contributed by atoms with Gasteiger partial charge in [-0.15, -0.1) is 0 Å². The molecule has 0 saturated carbocycles. The Morgan fingerprint density at radius 2 is 1.63 bits per heavy atom. The molecule has 1 N–H and O–H groups in total. The van der Waals surface area contributed by atoms with Crippen LogP contribution in [0.15, 0.2) is 30.3 Å². The molecule has 0 heterocycles. The van der Waals surface area contributed by atoms with Crippen LogP contribution in [-0.2, 0) is 23.1 Å². The Labute approximate surface area is 163 Å². The van der Waals surface area contributed by atoms with E-state index >= 15 is 0 Å². The first-order chi connectivity index (χ1) is 12.9. The molecule has 0 aliphatic heterocycles. The van der Waals surface area contributed by atoms with E-state index in [9.17, 15) is 9.36 Å². The van der Waals surface area contributed by atoms with Crippen LogP contribution in [0.4, 0.5) is 5.69 Å². The first-order valence-electron chi connectivity index (χ1n) is 9.72. The van der Waals surface area contributed by atoms with Crippen LogP contribution in [0.25, 0.3) is 0 Å². The van der Waals surface area contributed by atoms with Gasteiger partial charge in [-0.05, 0) is 51.2 Å². The monoisotopic (exact) mass is 399 g/mol. The van der Waals surface area contributed by atoms with Gasteiger partial charge in [-0.25, -0.2) is 0 Å². The molecule has 0 aliphatic carbocycles. The summed E-state index contributed by atoms with van der Waals surface area (Å²) in [6, 6.07) is 9.87. The largest absolute Gasteiger partial charge is 0.465 e. The van der Waals surface area contributed by atoms with Gasteiger partial charge >= 0.3 is 13.6 Å². The molecule has 0 saturated heterocycles. The molecule has 2 atom stereocenters. The number of hydrogen-bond acceptors (Lipinski definition) is 6. The van der Waals surface area contributed by atoms with Crippen LogP contribution in [0, 0.1) is 11.8 Å². The Morgan fingerprint density at radius 1 is 1.04 bits per heavy atom. The summed E-state index contributed by atoms with van der Waals surface area (Å²) < 4.78 is 29.4. The summed E-state index contributed by atoms with van der Waals surface area (Å²) in [5, 5.41) is 3.39. The van der Waals surface area contributed by atoms with Crippen molar-refractivity contribution in [3.05, 3.63) is 30.3 Å². The quantitative estimate of drug-likeness (QED) is 0.373. The van der Waals surface area contributed by atoms with Crippen LogP contribution in [0.5, 0.6) is 0 Å². The number of hydrogen-bond donors (Lipinski definition) is 1. The second kappa shape index (κ2) is 12.2. The second-order valence-corrected chi connectivity index (χ2v) is 8.85. The lowest BCUT2D eigenvalue weighted by molar-refractivity contribution is -0.143. The molecule has 0 spiro atoms. The molecular weight excluding hydrogens is 365 g/mol. The van der Waals surface area contributed by atoms with E-state index in [-0.39, 0.29) is 31.7 Å². The molecule has 1 rings (SSSR count). The molecular formula is C20H34NO5P. The minimum atomic E-state index is -3.61. The van der Waals surface area contributed by atoms with E-state index in [1.807, 2.05) is 30.3 Å². The summed E-state index contributed by atoms with van der Waals surface area (Å²) in [5.74, 6) is -0.156. The van der Waals surface area contributed by atoms with Crippen LogP contribution in [-0.4, -0.2) is 38.0 Å². The van der Waals surface area contributed by atoms with Gasteiger partial charge in [-0.2, -0.15) is 0 Å². The Hall–Kier alpha value is -1.36. The molecule has 0 radical (unpaired) electrons. The lowest BCUT2D eigenvalue weighted by Crippen LogP contribution is -2.32. The standard InChI is InChI=1S/C20H34NO5P/c1-6-24-20(22)19(27(23,25-7-2)26-8-3)14-17(16(4)5)15-21-18-12-10-9-11-13-18/h9-13,16-17,19,21H,6-8,14-15H2,1-5H3/t17-,19?/m0/s1. The first-order valence-corrected chi connectivity index (χ1v) is 11.3. The van der Waals surface area contributed by atoms with E-state index < -0.39 is 19.2 Å². The minimum absolute atomic E-state index is 0.0915. The average Bonchev–Trinajstić information content (AvgIpc) is 2.62. The highest BCUT2D eigenvalue weighted by molar-refractivity contribution is 7.55. The average molecular weight is 399 g/mol. The SMILES string of the molecule is CCOC(=O)C(C[C@@H](CNc1ccccc1)C(C)C)P(=O)(OCC)OCC.